The van der Waals surface area contributed by atoms with Gasteiger partial charge in [-0.1, -0.05) is 18.3 Å². The maximum atomic E-state index is 5.80. The summed E-state index contributed by atoms with van der Waals surface area (Å²) in [5.74, 6) is 0.603. The number of hydrogen-bond donors (Lipinski definition) is 1. The highest BCUT2D eigenvalue weighted by Crippen LogP contribution is 2.19. The van der Waals surface area contributed by atoms with Crippen LogP contribution in [0.25, 0.3) is 5.13 Å². The summed E-state index contributed by atoms with van der Waals surface area (Å²) in [6.45, 7) is 4.02. The SMILES string of the molecule is CCCc1nnc(-n2nc(C)cc2N)s1. The molecule has 2 aromatic rings. The third kappa shape index (κ3) is 1.99. The van der Waals surface area contributed by atoms with Crippen LogP contribution in [0.4, 0.5) is 5.82 Å². The van der Waals surface area contributed by atoms with Gasteiger partial charge >= 0.3 is 0 Å². The zero-order chi connectivity index (χ0) is 10.8. The third-order valence-corrected chi connectivity index (χ3v) is 2.92. The van der Waals surface area contributed by atoms with Crippen molar-refractivity contribution in [2.75, 3.05) is 5.73 Å². The van der Waals surface area contributed by atoms with Crippen molar-refractivity contribution in [3.8, 4) is 5.13 Å². The molecule has 0 aliphatic heterocycles. The number of nitrogen functional groups attached to an aromatic ring is 1. The van der Waals surface area contributed by atoms with E-state index in [1.807, 2.05) is 13.0 Å². The largest absolute Gasteiger partial charge is 0.383 e. The summed E-state index contributed by atoms with van der Waals surface area (Å²) in [6, 6.07) is 1.82. The van der Waals surface area contributed by atoms with Crippen LogP contribution in [0.3, 0.4) is 0 Å². The van der Waals surface area contributed by atoms with Gasteiger partial charge in [-0.3, -0.25) is 0 Å². The average Bonchev–Trinajstić information content (AvgIpc) is 2.73. The van der Waals surface area contributed by atoms with Gasteiger partial charge < -0.3 is 5.73 Å². The summed E-state index contributed by atoms with van der Waals surface area (Å²) in [5.41, 5.74) is 6.68. The molecule has 0 aromatic carbocycles. The average molecular weight is 223 g/mol. The molecule has 0 saturated carbocycles. The Labute approximate surface area is 91.9 Å². The number of nitrogens with two attached hydrogens (primary N) is 1. The topological polar surface area (TPSA) is 69.6 Å². The molecule has 0 aliphatic rings. The second kappa shape index (κ2) is 3.98. The summed E-state index contributed by atoms with van der Waals surface area (Å²) in [7, 11) is 0. The van der Waals surface area contributed by atoms with Gasteiger partial charge in [-0.25, -0.2) is 0 Å². The highest BCUT2D eigenvalue weighted by Gasteiger charge is 2.09. The summed E-state index contributed by atoms with van der Waals surface area (Å²) in [4.78, 5) is 0. The van der Waals surface area contributed by atoms with Crippen LogP contribution in [0, 0.1) is 6.92 Å². The number of anilines is 1. The molecule has 0 amide bonds. The molecular weight excluding hydrogens is 210 g/mol. The summed E-state index contributed by atoms with van der Waals surface area (Å²) < 4.78 is 1.63. The van der Waals surface area contributed by atoms with Crippen molar-refractivity contribution in [2.45, 2.75) is 26.7 Å². The van der Waals surface area contributed by atoms with E-state index in [2.05, 4.69) is 22.2 Å². The monoisotopic (exact) mass is 223 g/mol. The third-order valence-electron chi connectivity index (χ3n) is 1.96. The molecule has 80 valence electrons. The van der Waals surface area contributed by atoms with E-state index in [4.69, 9.17) is 5.73 Å². The lowest BCUT2D eigenvalue weighted by atomic mass is 10.4. The Balaban J connectivity index is 2.32. The fourth-order valence-corrected chi connectivity index (χ4v) is 2.23. The van der Waals surface area contributed by atoms with Crippen LogP contribution in [0.5, 0.6) is 0 Å². The van der Waals surface area contributed by atoms with Crippen molar-refractivity contribution < 1.29 is 0 Å². The van der Waals surface area contributed by atoms with Crippen molar-refractivity contribution in [1.29, 1.82) is 0 Å². The minimum Gasteiger partial charge on any atom is -0.383 e. The molecule has 0 radical (unpaired) electrons. The van der Waals surface area contributed by atoms with E-state index >= 15 is 0 Å². The highest BCUT2D eigenvalue weighted by atomic mass is 32.1. The van der Waals surface area contributed by atoms with Gasteiger partial charge in [-0.15, -0.1) is 10.2 Å². The van der Waals surface area contributed by atoms with Crippen LogP contribution >= 0.6 is 11.3 Å². The van der Waals surface area contributed by atoms with Gasteiger partial charge in [0.25, 0.3) is 0 Å². The Morgan fingerprint density at radius 3 is 2.87 bits per heavy atom. The normalized spacial score (nSPS) is 10.8. The molecule has 0 spiro atoms. The second-order valence-electron chi connectivity index (χ2n) is 3.35. The molecule has 0 atom stereocenters. The molecule has 0 fully saturated rings. The van der Waals surface area contributed by atoms with Gasteiger partial charge in [0.05, 0.1) is 5.69 Å². The molecule has 2 heterocycles. The maximum absolute atomic E-state index is 5.80. The number of aromatic nitrogens is 4. The van der Waals surface area contributed by atoms with Gasteiger partial charge in [0.1, 0.15) is 10.8 Å². The Hall–Kier alpha value is -1.43. The number of nitrogens with zero attached hydrogens (tertiary/aromatic N) is 4. The Morgan fingerprint density at radius 2 is 2.27 bits per heavy atom. The first kappa shape index (κ1) is 10.1. The molecule has 2 aromatic heterocycles. The van der Waals surface area contributed by atoms with E-state index in [-0.39, 0.29) is 0 Å². The predicted octanol–water partition coefficient (Wildman–Crippen LogP) is 1.57. The van der Waals surface area contributed by atoms with E-state index in [1.54, 1.807) is 4.68 Å². The molecule has 2 rings (SSSR count). The van der Waals surface area contributed by atoms with Crippen molar-refractivity contribution in [1.82, 2.24) is 20.0 Å². The van der Waals surface area contributed by atoms with Gasteiger partial charge in [0.15, 0.2) is 0 Å². The van der Waals surface area contributed by atoms with Crippen LogP contribution in [-0.4, -0.2) is 20.0 Å². The Kier molecular flexibility index (Phi) is 2.68. The minimum atomic E-state index is 0.603. The van der Waals surface area contributed by atoms with Crippen molar-refractivity contribution in [3.63, 3.8) is 0 Å². The molecule has 15 heavy (non-hydrogen) atoms. The van der Waals surface area contributed by atoms with Gasteiger partial charge in [0.2, 0.25) is 5.13 Å². The Morgan fingerprint density at radius 1 is 1.47 bits per heavy atom. The zero-order valence-electron chi connectivity index (χ0n) is 8.77. The maximum Gasteiger partial charge on any atom is 0.234 e. The van der Waals surface area contributed by atoms with E-state index < -0.39 is 0 Å². The van der Waals surface area contributed by atoms with Gasteiger partial charge in [-0.05, 0) is 13.3 Å². The molecule has 6 heteroatoms. The van der Waals surface area contributed by atoms with Crippen molar-refractivity contribution in [3.05, 3.63) is 16.8 Å². The molecule has 2 N–H and O–H groups in total. The van der Waals surface area contributed by atoms with E-state index in [0.717, 1.165) is 28.7 Å². The fraction of sp³-hybridized carbons (Fsp3) is 0.444. The summed E-state index contributed by atoms with van der Waals surface area (Å²) in [6.07, 6.45) is 2.03. The smallest absolute Gasteiger partial charge is 0.234 e. The lowest BCUT2D eigenvalue weighted by Gasteiger charge is -1.95. The van der Waals surface area contributed by atoms with E-state index in [1.165, 1.54) is 11.3 Å². The molecule has 0 aliphatic carbocycles. The number of aryl methyl sites for hydroxylation is 2. The number of hydrogen-bond acceptors (Lipinski definition) is 5. The second-order valence-corrected chi connectivity index (χ2v) is 4.39. The summed E-state index contributed by atoms with van der Waals surface area (Å²) >= 11 is 1.54. The standard InChI is InChI=1S/C9H13N5S/c1-3-4-8-11-12-9(15-8)14-7(10)5-6(2)13-14/h5H,3-4,10H2,1-2H3. The minimum absolute atomic E-state index is 0.603. The number of rotatable bonds is 3. The first-order valence-electron chi connectivity index (χ1n) is 4.85. The van der Waals surface area contributed by atoms with Crippen molar-refractivity contribution >= 4 is 17.2 Å². The first-order valence-corrected chi connectivity index (χ1v) is 5.67. The quantitative estimate of drug-likeness (QED) is 0.857. The van der Waals surface area contributed by atoms with E-state index in [9.17, 15) is 0 Å². The van der Waals surface area contributed by atoms with Crippen molar-refractivity contribution in [2.24, 2.45) is 0 Å². The molecular formula is C9H13N5S. The molecule has 5 nitrogen and oxygen atoms in total. The predicted molar refractivity (Wildman–Crippen MR) is 60.2 cm³/mol. The van der Waals surface area contributed by atoms with Crippen LogP contribution < -0.4 is 5.73 Å². The highest BCUT2D eigenvalue weighted by molar-refractivity contribution is 7.13. The van der Waals surface area contributed by atoms with Crippen LogP contribution in [-0.2, 0) is 6.42 Å². The molecule has 0 unspecified atom stereocenters. The molecule has 0 bridgehead atoms. The first-order chi connectivity index (χ1) is 7.20. The fourth-order valence-electron chi connectivity index (χ4n) is 1.32. The Bertz CT molecular complexity index is 459. The van der Waals surface area contributed by atoms with Crippen LogP contribution in [0.15, 0.2) is 6.07 Å². The van der Waals surface area contributed by atoms with E-state index in [0.29, 0.717) is 5.82 Å². The lowest BCUT2D eigenvalue weighted by Crippen LogP contribution is -2.00. The van der Waals surface area contributed by atoms with Gasteiger partial charge in [0, 0.05) is 12.5 Å². The molecule has 0 saturated heterocycles. The van der Waals surface area contributed by atoms with Crippen LogP contribution in [0.2, 0.25) is 0 Å². The summed E-state index contributed by atoms with van der Waals surface area (Å²) in [5, 5.41) is 14.2. The lowest BCUT2D eigenvalue weighted by molar-refractivity contribution is 0.826. The zero-order valence-corrected chi connectivity index (χ0v) is 9.58. The van der Waals surface area contributed by atoms with Gasteiger partial charge in [-0.2, -0.15) is 9.78 Å². The van der Waals surface area contributed by atoms with Crippen LogP contribution in [0.1, 0.15) is 24.0 Å².